The molecule has 3 rings (SSSR count). The fraction of sp³-hybridized carbons (Fsp3) is 0.217. The molecule has 5 heteroatoms. The van der Waals surface area contributed by atoms with E-state index in [2.05, 4.69) is 34.1 Å². The minimum Gasteiger partial charge on any atom is -0.378 e. The first-order chi connectivity index (χ1) is 13.6. The number of amides is 1. The Morgan fingerprint density at radius 1 is 0.964 bits per heavy atom. The van der Waals surface area contributed by atoms with E-state index in [0.29, 0.717) is 18.7 Å². The molecule has 0 radical (unpaired) electrons. The van der Waals surface area contributed by atoms with E-state index in [4.69, 9.17) is 0 Å². The Bertz CT molecular complexity index is 893. The van der Waals surface area contributed by atoms with Crippen LogP contribution in [0.2, 0.25) is 0 Å². The van der Waals surface area contributed by atoms with E-state index in [1.165, 1.54) is 0 Å². The number of rotatable bonds is 7. The second kappa shape index (κ2) is 9.42. The predicted molar refractivity (Wildman–Crippen MR) is 116 cm³/mol. The standard InChI is InChI=1S/C23H25N3OS/c1-4-26(17-18-8-12-20(13-9-18)25(2)3)23(27)19-10-14-21(15-11-19)28-22-7-5-6-16-24-22/h5-16H,4,17H2,1-3H3. The first kappa shape index (κ1) is 20.0. The molecule has 3 aromatic rings. The Balaban J connectivity index is 1.66. The van der Waals surface area contributed by atoms with Gasteiger partial charge < -0.3 is 9.80 Å². The summed E-state index contributed by atoms with van der Waals surface area (Å²) in [5.74, 6) is 0.0496. The molecule has 0 saturated carbocycles. The Labute approximate surface area is 171 Å². The van der Waals surface area contributed by atoms with Gasteiger partial charge in [-0.15, -0.1) is 0 Å². The van der Waals surface area contributed by atoms with Gasteiger partial charge in [-0.3, -0.25) is 4.79 Å². The fourth-order valence-electron chi connectivity index (χ4n) is 2.82. The van der Waals surface area contributed by atoms with Crippen molar-refractivity contribution >= 4 is 23.4 Å². The van der Waals surface area contributed by atoms with Crippen molar-refractivity contribution in [2.75, 3.05) is 25.5 Å². The largest absolute Gasteiger partial charge is 0.378 e. The summed E-state index contributed by atoms with van der Waals surface area (Å²) in [5, 5.41) is 0.943. The van der Waals surface area contributed by atoms with Gasteiger partial charge in [0.15, 0.2) is 0 Å². The van der Waals surface area contributed by atoms with Crippen molar-refractivity contribution in [3.63, 3.8) is 0 Å². The van der Waals surface area contributed by atoms with Crippen LogP contribution >= 0.6 is 11.8 Å². The molecule has 2 aromatic carbocycles. The third-order valence-electron chi connectivity index (χ3n) is 4.46. The maximum Gasteiger partial charge on any atom is 0.254 e. The van der Waals surface area contributed by atoms with Crippen molar-refractivity contribution in [3.8, 4) is 0 Å². The van der Waals surface area contributed by atoms with Gasteiger partial charge in [-0.25, -0.2) is 4.98 Å². The summed E-state index contributed by atoms with van der Waals surface area (Å²) in [7, 11) is 4.04. The maximum atomic E-state index is 12.9. The Morgan fingerprint density at radius 2 is 1.68 bits per heavy atom. The van der Waals surface area contributed by atoms with E-state index in [9.17, 15) is 4.79 Å². The molecule has 0 N–H and O–H groups in total. The number of benzene rings is 2. The number of hydrogen-bond donors (Lipinski definition) is 0. The molecule has 1 amide bonds. The van der Waals surface area contributed by atoms with Crippen molar-refractivity contribution < 1.29 is 4.79 Å². The van der Waals surface area contributed by atoms with Crippen LogP contribution in [0.15, 0.2) is 82.8 Å². The maximum absolute atomic E-state index is 12.9. The predicted octanol–water partition coefficient (Wildman–Crippen LogP) is 4.96. The van der Waals surface area contributed by atoms with Crippen LogP contribution in [0.5, 0.6) is 0 Å². The Morgan fingerprint density at radius 3 is 2.25 bits per heavy atom. The van der Waals surface area contributed by atoms with Gasteiger partial charge in [-0.05, 0) is 61.0 Å². The fourth-order valence-corrected chi connectivity index (χ4v) is 3.60. The normalized spacial score (nSPS) is 10.5. The van der Waals surface area contributed by atoms with Crippen molar-refractivity contribution in [1.82, 2.24) is 9.88 Å². The van der Waals surface area contributed by atoms with E-state index < -0.39 is 0 Å². The molecule has 0 aliphatic carbocycles. The lowest BCUT2D eigenvalue weighted by atomic mass is 10.1. The van der Waals surface area contributed by atoms with Gasteiger partial charge in [-0.1, -0.05) is 30.0 Å². The first-order valence-corrected chi connectivity index (χ1v) is 10.1. The molecule has 0 aliphatic heterocycles. The van der Waals surface area contributed by atoms with E-state index in [0.717, 1.165) is 21.2 Å². The van der Waals surface area contributed by atoms with Crippen LogP contribution < -0.4 is 4.90 Å². The van der Waals surface area contributed by atoms with Gasteiger partial charge in [-0.2, -0.15) is 0 Å². The molecule has 0 fully saturated rings. The van der Waals surface area contributed by atoms with Crippen molar-refractivity contribution in [2.45, 2.75) is 23.4 Å². The lowest BCUT2D eigenvalue weighted by molar-refractivity contribution is 0.0752. The van der Waals surface area contributed by atoms with Crippen LogP contribution in [0, 0.1) is 0 Å². The van der Waals surface area contributed by atoms with Crippen LogP contribution in [-0.2, 0) is 6.54 Å². The molecule has 28 heavy (non-hydrogen) atoms. The highest BCUT2D eigenvalue weighted by Gasteiger charge is 2.15. The van der Waals surface area contributed by atoms with E-state index in [1.807, 2.05) is 68.4 Å². The van der Waals surface area contributed by atoms with Crippen molar-refractivity contribution in [3.05, 3.63) is 84.1 Å². The highest BCUT2D eigenvalue weighted by atomic mass is 32.2. The third kappa shape index (κ3) is 5.14. The molecule has 144 valence electrons. The first-order valence-electron chi connectivity index (χ1n) is 9.31. The monoisotopic (exact) mass is 391 g/mol. The second-order valence-corrected chi connectivity index (χ2v) is 7.77. The van der Waals surface area contributed by atoms with Crippen LogP contribution in [-0.4, -0.2) is 36.4 Å². The minimum absolute atomic E-state index is 0.0496. The zero-order chi connectivity index (χ0) is 19.9. The third-order valence-corrected chi connectivity index (χ3v) is 5.42. The van der Waals surface area contributed by atoms with Crippen molar-refractivity contribution in [2.24, 2.45) is 0 Å². The average Bonchev–Trinajstić information content (AvgIpc) is 2.73. The van der Waals surface area contributed by atoms with Gasteiger partial charge in [0.2, 0.25) is 0 Å². The van der Waals surface area contributed by atoms with Gasteiger partial charge >= 0.3 is 0 Å². The molecule has 0 spiro atoms. The van der Waals surface area contributed by atoms with Gasteiger partial charge in [0, 0.05) is 49.5 Å². The topological polar surface area (TPSA) is 36.4 Å². The van der Waals surface area contributed by atoms with Crippen LogP contribution in [0.1, 0.15) is 22.8 Å². The molecule has 0 bridgehead atoms. The number of carbonyl (C=O) groups is 1. The Kier molecular flexibility index (Phi) is 6.71. The number of aromatic nitrogens is 1. The number of anilines is 1. The second-order valence-electron chi connectivity index (χ2n) is 6.67. The molecule has 0 atom stereocenters. The summed E-state index contributed by atoms with van der Waals surface area (Å²) >= 11 is 1.59. The molecule has 0 saturated heterocycles. The lowest BCUT2D eigenvalue weighted by Crippen LogP contribution is -2.30. The number of pyridine rings is 1. The average molecular weight is 392 g/mol. The summed E-state index contributed by atoms with van der Waals surface area (Å²) in [5.41, 5.74) is 2.99. The molecule has 0 aliphatic rings. The summed E-state index contributed by atoms with van der Waals surface area (Å²) in [6.45, 7) is 3.28. The van der Waals surface area contributed by atoms with E-state index in [1.54, 1.807) is 18.0 Å². The van der Waals surface area contributed by atoms with Gasteiger partial charge in [0.25, 0.3) is 5.91 Å². The van der Waals surface area contributed by atoms with Crippen LogP contribution in [0.3, 0.4) is 0 Å². The molecule has 4 nitrogen and oxygen atoms in total. The smallest absolute Gasteiger partial charge is 0.254 e. The quantitative estimate of drug-likeness (QED) is 0.570. The Hall–Kier alpha value is -2.79. The molecular formula is C23H25N3OS. The SMILES string of the molecule is CCN(Cc1ccc(N(C)C)cc1)C(=O)c1ccc(Sc2ccccn2)cc1. The van der Waals surface area contributed by atoms with Gasteiger partial charge in [0.05, 0.1) is 0 Å². The zero-order valence-corrected chi connectivity index (χ0v) is 17.3. The number of carbonyl (C=O) groups excluding carboxylic acids is 1. The molecule has 1 heterocycles. The lowest BCUT2D eigenvalue weighted by Gasteiger charge is -2.22. The zero-order valence-electron chi connectivity index (χ0n) is 16.5. The number of hydrogen-bond acceptors (Lipinski definition) is 4. The highest BCUT2D eigenvalue weighted by Crippen LogP contribution is 2.26. The summed E-state index contributed by atoms with van der Waals surface area (Å²) in [4.78, 5) is 22.2. The highest BCUT2D eigenvalue weighted by molar-refractivity contribution is 7.99. The molecule has 0 unspecified atom stereocenters. The molecule has 1 aromatic heterocycles. The molecular weight excluding hydrogens is 366 g/mol. The van der Waals surface area contributed by atoms with Crippen molar-refractivity contribution in [1.29, 1.82) is 0 Å². The van der Waals surface area contributed by atoms with E-state index >= 15 is 0 Å². The summed E-state index contributed by atoms with van der Waals surface area (Å²) in [6, 6.07) is 21.9. The summed E-state index contributed by atoms with van der Waals surface area (Å²) < 4.78 is 0. The van der Waals surface area contributed by atoms with Crippen LogP contribution in [0.4, 0.5) is 5.69 Å². The van der Waals surface area contributed by atoms with Crippen LogP contribution in [0.25, 0.3) is 0 Å². The summed E-state index contributed by atoms with van der Waals surface area (Å²) in [6.07, 6.45) is 1.78. The minimum atomic E-state index is 0.0496. The van der Waals surface area contributed by atoms with Gasteiger partial charge in [0.1, 0.15) is 5.03 Å². The van der Waals surface area contributed by atoms with E-state index in [-0.39, 0.29) is 5.91 Å². The number of nitrogens with zero attached hydrogens (tertiary/aromatic N) is 3.